The van der Waals surface area contributed by atoms with Crippen molar-refractivity contribution in [1.29, 1.82) is 0 Å². The zero-order valence-electron chi connectivity index (χ0n) is 26.3. The van der Waals surface area contributed by atoms with E-state index in [1.54, 1.807) is 43.3 Å². The highest BCUT2D eigenvalue weighted by molar-refractivity contribution is 5.92. The minimum Gasteiger partial charge on any atom is -0.494 e. The Morgan fingerprint density at radius 1 is 0.614 bits per heavy atom. The molecule has 0 aliphatic carbocycles. The predicted molar refractivity (Wildman–Crippen MR) is 172 cm³/mol. The summed E-state index contributed by atoms with van der Waals surface area (Å²) in [4.78, 5) is 36.3. The first kappa shape index (κ1) is 34.4. The smallest absolute Gasteiger partial charge is 0.343 e. The summed E-state index contributed by atoms with van der Waals surface area (Å²) >= 11 is 0. The van der Waals surface area contributed by atoms with Crippen LogP contribution in [0.1, 0.15) is 106 Å². The van der Waals surface area contributed by atoms with E-state index in [0.717, 1.165) is 61.8 Å². The van der Waals surface area contributed by atoms with Crippen molar-refractivity contribution in [2.75, 3.05) is 13.2 Å². The lowest BCUT2D eigenvalue weighted by Crippen LogP contribution is -2.15. The fourth-order valence-electron chi connectivity index (χ4n) is 4.57. The molecular weight excluding hydrogens is 556 g/mol. The van der Waals surface area contributed by atoms with Crippen molar-refractivity contribution in [3.63, 3.8) is 0 Å². The molecule has 3 aromatic rings. The van der Waals surface area contributed by atoms with Crippen LogP contribution in [0.15, 0.2) is 72.8 Å². The SMILES string of the molecule is CCCCCCC(C)OC(=O)c1ccc(OC(=O)c2ccc(-c3ccc(OCCCCCCOC(=O)CC)cc3)cc2)cc1. The largest absolute Gasteiger partial charge is 0.494 e. The second kappa shape index (κ2) is 19.2. The van der Waals surface area contributed by atoms with Gasteiger partial charge in [-0.3, -0.25) is 4.79 Å². The number of benzene rings is 3. The van der Waals surface area contributed by atoms with Crippen LogP contribution in [0, 0.1) is 0 Å². The van der Waals surface area contributed by atoms with Gasteiger partial charge >= 0.3 is 17.9 Å². The van der Waals surface area contributed by atoms with Gasteiger partial charge in [-0.05, 0) is 105 Å². The number of carbonyl (C=O) groups excluding carboxylic acids is 3. The van der Waals surface area contributed by atoms with Crippen LogP contribution < -0.4 is 9.47 Å². The zero-order valence-corrected chi connectivity index (χ0v) is 26.3. The van der Waals surface area contributed by atoms with Gasteiger partial charge in [0.1, 0.15) is 11.5 Å². The molecule has 7 nitrogen and oxygen atoms in total. The van der Waals surface area contributed by atoms with Crippen molar-refractivity contribution >= 4 is 17.9 Å². The summed E-state index contributed by atoms with van der Waals surface area (Å²) in [5.41, 5.74) is 2.84. The molecule has 0 saturated heterocycles. The van der Waals surface area contributed by atoms with E-state index in [-0.39, 0.29) is 18.0 Å². The first-order chi connectivity index (χ1) is 21.4. The topological polar surface area (TPSA) is 88.1 Å². The Morgan fingerprint density at radius 3 is 1.80 bits per heavy atom. The third-order valence-electron chi connectivity index (χ3n) is 7.24. The monoisotopic (exact) mass is 602 g/mol. The third kappa shape index (κ3) is 12.2. The number of unbranched alkanes of at least 4 members (excludes halogenated alkanes) is 6. The molecule has 0 fully saturated rings. The Labute approximate surface area is 261 Å². The fraction of sp³-hybridized carbons (Fsp3) is 0.432. The van der Waals surface area contributed by atoms with Crippen molar-refractivity contribution in [3.05, 3.63) is 83.9 Å². The molecular formula is C37H46O7. The zero-order chi connectivity index (χ0) is 31.6. The van der Waals surface area contributed by atoms with Crippen LogP contribution >= 0.6 is 0 Å². The molecule has 0 heterocycles. The van der Waals surface area contributed by atoms with Gasteiger partial charge in [0.05, 0.1) is 30.4 Å². The average Bonchev–Trinajstić information content (AvgIpc) is 3.04. The standard InChI is InChI=1S/C37H46O7/c1-4-6-7-10-13-28(3)43-36(39)32-20-24-34(25-21-32)44-37(40)31-16-14-29(15-17-31)30-18-22-33(23-19-30)41-26-11-8-9-12-27-42-35(38)5-2/h14-25,28H,4-13,26-27H2,1-3H3. The van der Waals surface area contributed by atoms with Gasteiger partial charge in [0.2, 0.25) is 0 Å². The first-order valence-corrected chi connectivity index (χ1v) is 15.9. The number of hydrogen-bond donors (Lipinski definition) is 0. The lowest BCUT2D eigenvalue weighted by atomic mass is 10.0. The Hall–Kier alpha value is -4.13. The van der Waals surface area contributed by atoms with Gasteiger partial charge in [0, 0.05) is 6.42 Å². The lowest BCUT2D eigenvalue weighted by Gasteiger charge is -2.13. The van der Waals surface area contributed by atoms with Crippen LogP contribution in [0.25, 0.3) is 11.1 Å². The number of carbonyl (C=O) groups is 3. The van der Waals surface area contributed by atoms with E-state index >= 15 is 0 Å². The van der Waals surface area contributed by atoms with E-state index in [9.17, 15) is 14.4 Å². The van der Waals surface area contributed by atoms with Crippen LogP contribution in [0.4, 0.5) is 0 Å². The third-order valence-corrected chi connectivity index (χ3v) is 7.24. The fourth-order valence-corrected chi connectivity index (χ4v) is 4.57. The van der Waals surface area contributed by atoms with E-state index in [1.165, 1.54) is 12.8 Å². The van der Waals surface area contributed by atoms with Crippen LogP contribution in [0.2, 0.25) is 0 Å². The Morgan fingerprint density at radius 2 is 1.16 bits per heavy atom. The summed E-state index contributed by atoms with van der Waals surface area (Å²) < 4.78 is 22.0. The van der Waals surface area contributed by atoms with Crippen molar-refractivity contribution in [2.45, 2.75) is 91.1 Å². The summed E-state index contributed by atoms with van der Waals surface area (Å²) in [6.45, 7) is 7.00. The molecule has 236 valence electrons. The van der Waals surface area contributed by atoms with Gasteiger partial charge in [-0.15, -0.1) is 0 Å². The highest BCUT2D eigenvalue weighted by atomic mass is 16.5. The lowest BCUT2D eigenvalue weighted by molar-refractivity contribution is -0.143. The summed E-state index contributed by atoms with van der Waals surface area (Å²) in [5.74, 6) is 0.171. The van der Waals surface area contributed by atoms with E-state index < -0.39 is 5.97 Å². The van der Waals surface area contributed by atoms with E-state index in [1.807, 2.05) is 43.3 Å². The van der Waals surface area contributed by atoms with Gasteiger partial charge in [0.15, 0.2) is 0 Å². The van der Waals surface area contributed by atoms with E-state index in [2.05, 4.69) is 6.92 Å². The molecule has 0 aliphatic heterocycles. The summed E-state index contributed by atoms with van der Waals surface area (Å²) in [5, 5.41) is 0. The molecule has 0 N–H and O–H groups in total. The van der Waals surface area contributed by atoms with Crippen LogP contribution in [0.5, 0.6) is 11.5 Å². The normalized spacial score (nSPS) is 11.4. The minimum absolute atomic E-state index is 0.136. The maximum absolute atomic E-state index is 12.7. The van der Waals surface area contributed by atoms with Gasteiger partial charge in [-0.25, -0.2) is 9.59 Å². The summed E-state index contributed by atoms with van der Waals surface area (Å²) in [6.07, 6.45) is 9.54. The van der Waals surface area contributed by atoms with Crippen molar-refractivity contribution in [2.24, 2.45) is 0 Å². The van der Waals surface area contributed by atoms with Crippen LogP contribution in [-0.4, -0.2) is 37.2 Å². The van der Waals surface area contributed by atoms with Gasteiger partial charge in [-0.2, -0.15) is 0 Å². The molecule has 0 spiro atoms. The predicted octanol–water partition coefficient (Wildman–Crippen LogP) is 8.98. The second-order valence-corrected chi connectivity index (χ2v) is 10.9. The molecule has 0 radical (unpaired) electrons. The number of rotatable bonds is 19. The van der Waals surface area contributed by atoms with Crippen LogP contribution in [0.3, 0.4) is 0 Å². The van der Waals surface area contributed by atoms with Crippen molar-refractivity contribution in [1.82, 2.24) is 0 Å². The van der Waals surface area contributed by atoms with Crippen LogP contribution in [-0.2, 0) is 14.3 Å². The Kier molecular flexibility index (Phi) is 15.0. The molecule has 1 atom stereocenters. The maximum Gasteiger partial charge on any atom is 0.343 e. The molecule has 3 aromatic carbocycles. The van der Waals surface area contributed by atoms with E-state index in [0.29, 0.717) is 36.5 Å². The summed E-state index contributed by atoms with van der Waals surface area (Å²) in [6, 6.07) is 21.5. The molecule has 3 rings (SSSR count). The first-order valence-electron chi connectivity index (χ1n) is 15.9. The highest BCUT2D eigenvalue weighted by Crippen LogP contribution is 2.24. The summed E-state index contributed by atoms with van der Waals surface area (Å²) in [7, 11) is 0. The van der Waals surface area contributed by atoms with E-state index in [4.69, 9.17) is 18.9 Å². The molecule has 0 aromatic heterocycles. The quantitative estimate of drug-likeness (QED) is 0.0768. The van der Waals surface area contributed by atoms with Gasteiger partial charge in [0.25, 0.3) is 0 Å². The molecule has 44 heavy (non-hydrogen) atoms. The van der Waals surface area contributed by atoms with Crippen molar-refractivity contribution < 1.29 is 33.3 Å². The highest BCUT2D eigenvalue weighted by Gasteiger charge is 2.14. The molecule has 7 heteroatoms. The minimum atomic E-state index is -0.474. The van der Waals surface area contributed by atoms with Gasteiger partial charge in [-0.1, -0.05) is 57.4 Å². The molecule has 0 bridgehead atoms. The average molecular weight is 603 g/mol. The van der Waals surface area contributed by atoms with Gasteiger partial charge < -0.3 is 18.9 Å². The number of hydrogen-bond acceptors (Lipinski definition) is 7. The molecule has 0 aliphatic rings. The number of ether oxygens (including phenoxy) is 4. The molecule has 1 unspecified atom stereocenters. The molecule has 0 amide bonds. The van der Waals surface area contributed by atoms with Crippen molar-refractivity contribution in [3.8, 4) is 22.6 Å². The maximum atomic E-state index is 12.7. The molecule has 0 saturated carbocycles. The Balaban J connectivity index is 1.40. The number of esters is 3. The Bertz CT molecular complexity index is 1280. The second-order valence-electron chi connectivity index (χ2n) is 10.9.